The minimum absolute atomic E-state index is 0.0372. The predicted octanol–water partition coefficient (Wildman–Crippen LogP) is 5.48. The molecule has 4 rings (SSSR count). The number of hydrogen-bond donors (Lipinski definition) is 1. The molecule has 3 aromatic rings. The number of ether oxygens (including phenoxy) is 1. The van der Waals surface area contributed by atoms with Crippen LogP contribution in [0.2, 0.25) is 0 Å². The van der Waals surface area contributed by atoms with Crippen LogP contribution >= 0.6 is 0 Å². The summed E-state index contributed by atoms with van der Waals surface area (Å²) in [5, 5.41) is 2.96. The van der Waals surface area contributed by atoms with E-state index >= 15 is 0 Å². The van der Waals surface area contributed by atoms with Crippen molar-refractivity contribution in [1.29, 1.82) is 0 Å². The monoisotopic (exact) mass is 483 g/mol. The molecule has 0 bridgehead atoms. The van der Waals surface area contributed by atoms with Crippen LogP contribution in [0.4, 0.5) is 11.4 Å². The normalized spacial score (nSPS) is 14.5. The number of nitrogens with zero attached hydrogens (tertiary/aromatic N) is 2. The molecule has 3 aromatic carbocycles. The van der Waals surface area contributed by atoms with E-state index in [1.165, 1.54) is 0 Å². The molecule has 1 atom stereocenters. The molecular formula is C30H33N3O3. The number of carbonyl (C=O) groups excluding carboxylic acids is 2. The highest BCUT2D eigenvalue weighted by Crippen LogP contribution is 2.21. The fraction of sp³-hybridized carbons (Fsp3) is 0.267. The maximum atomic E-state index is 12.7. The average molecular weight is 484 g/mol. The van der Waals surface area contributed by atoms with Gasteiger partial charge in [0.15, 0.2) is 0 Å². The Labute approximate surface area is 213 Å². The van der Waals surface area contributed by atoms with Gasteiger partial charge in [0.2, 0.25) is 5.91 Å². The molecule has 1 N–H and O–H groups in total. The van der Waals surface area contributed by atoms with Crippen LogP contribution in [-0.2, 0) is 4.79 Å². The van der Waals surface area contributed by atoms with E-state index in [0.717, 1.165) is 36.4 Å². The second kappa shape index (κ2) is 12.1. The lowest BCUT2D eigenvalue weighted by Gasteiger charge is -2.35. The summed E-state index contributed by atoms with van der Waals surface area (Å²) in [6.45, 7) is 6.94. The zero-order valence-electron chi connectivity index (χ0n) is 20.9. The van der Waals surface area contributed by atoms with E-state index in [-0.39, 0.29) is 17.9 Å². The predicted molar refractivity (Wildman–Crippen MR) is 145 cm³/mol. The van der Waals surface area contributed by atoms with Crippen molar-refractivity contribution in [2.24, 2.45) is 0 Å². The number of amides is 2. The molecule has 0 saturated carbocycles. The van der Waals surface area contributed by atoms with E-state index in [4.69, 9.17) is 4.74 Å². The molecule has 2 amide bonds. The van der Waals surface area contributed by atoms with Crippen molar-refractivity contribution in [3.05, 3.63) is 96.1 Å². The first-order chi connectivity index (χ1) is 17.5. The maximum Gasteiger partial charge on any atom is 0.255 e. The second-order valence-corrected chi connectivity index (χ2v) is 8.92. The summed E-state index contributed by atoms with van der Waals surface area (Å²) < 4.78 is 5.83. The van der Waals surface area contributed by atoms with Gasteiger partial charge in [0, 0.05) is 49.2 Å². The van der Waals surface area contributed by atoms with Crippen LogP contribution in [0.3, 0.4) is 0 Å². The third kappa shape index (κ3) is 6.75. The number of carbonyl (C=O) groups is 2. The molecule has 0 aliphatic carbocycles. The number of piperazine rings is 1. The SMILES string of the molecule is CCC(C)Oc1cccc(C(=O)Nc2ccc(N3CCN(C(=O)/C=C/c4ccccc4)CC3)cc2)c1. The second-order valence-electron chi connectivity index (χ2n) is 8.92. The largest absolute Gasteiger partial charge is 0.491 e. The number of anilines is 2. The lowest BCUT2D eigenvalue weighted by atomic mass is 10.2. The van der Waals surface area contributed by atoms with E-state index in [2.05, 4.69) is 17.1 Å². The summed E-state index contributed by atoms with van der Waals surface area (Å²) in [6, 6.07) is 24.9. The number of hydrogen-bond acceptors (Lipinski definition) is 4. The zero-order chi connectivity index (χ0) is 25.3. The molecule has 0 radical (unpaired) electrons. The van der Waals surface area contributed by atoms with E-state index in [0.29, 0.717) is 24.4 Å². The van der Waals surface area contributed by atoms with Crippen molar-refractivity contribution in [3.63, 3.8) is 0 Å². The Morgan fingerprint density at radius 3 is 2.36 bits per heavy atom. The molecule has 0 aromatic heterocycles. The van der Waals surface area contributed by atoms with Gasteiger partial charge in [-0.05, 0) is 67.4 Å². The van der Waals surface area contributed by atoms with Crippen molar-refractivity contribution < 1.29 is 14.3 Å². The fourth-order valence-electron chi connectivity index (χ4n) is 4.01. The van der Waals surface area contributed by atoms with Crippen LogP contribution < -0.4 is 15.0 Å². The highest BCUT2D eigenvalue weighted by atomic mass is 16.5. The lowest BCUT2D eigenvalue weighted by Crippen LogP contribution is -2.48. The van der Waals surface area contributed by atoms with Crippen LogP contribution in [0.1, 0.15) is 36.2 Å². The molecule has 1 heterocycles. The Kier molecular flexibility index (Phi) is 8.40. The summed E-state index contributed by atoms with van der Waals surface area (Å²) in [7, 11) is 0. The van der Waals surface area contributed by atoms with Gasteiger partial charge < -0.3 is 19.9 Å². The standard InChI is InChI=1S/C30H33N3O3/c1-3-23(2)36-28-11-7-10-25(22-28)30(35)31-26-13-15-27(16-14-26)32-18-20-33(21-19-32)29(34)17-12-24-8-5-4-6-9-24/h4-17,22-23H,3,18-21H2,1-2H3,(H,31,35)/b17-12+. The van der Waals surface area contributed by atoms with E-state index in [1.54, 1.807) is 18.2 Å². The molecule has 1 unspecified atom stereocenters. The van der Waals surface area contributed by atoms with Crippen LogP contribution in [0.15, 0.2) is 84.9 Å². The molecule has 0 spiro atoms. The van der Waals surface area contributed by atoms with Gasteiger partial charge in [-0.3, -0.25) is 9.59 Å². The Morgan fingerprint density at radius 2 is 1.67 bits per heavy atom. The van der Waals surface area contributed by atoms with Gasteiger partial charge >= 0.3 is 0 Å². The van der Waals surface area contributed by atoms with Crippen LogP contribution in [0.5, 0.6) is 5.75 Å². The quantitative estimate of drug-likeness (QED) is 0.431. The molecule has 1 aliphatic heterocycles. The highest BCUT2D eigenvalue weighted by molar-refractivity contribution is 6.04. The Hall–Kier alpha value is -4.06. The molecule has 1 saturated heterocycles. The van der Waals surface area contributed by atoms with Gasteiger partial charge in [0.1, 0.15) is 5.75 Å². The van der Waals surface area contributed by atoms with E-state index < -0.39 is 0 Å². The number of benzene rings is 3. The lowest BCUT2D eigenvalue weighted by molar-refractivity contribution is -0.126. The Morgan fingerprint density at radius 1 is 0.944 bits per heavy atom. The van der Waals surface area contributed by atoms with Gasteiger partial charge in [-0.15, -0.1) is 0 Å². The Bertz CT molecular complexity index is 1180. The summed E-state index contributed by atoms with van der Waals surface area (Å²) >= 11 is 0. The van der Waals surface area contributed by atoms with E-state index in [9.17, 15) is 9.59 Å². The minimum atomic E-state index is -0.173. The smallest absolute Gasteiger partial charge is 0.255 e. The molecule has 36 heavy (non-hydrogen) atoms. The fourth-order valence-corrected chi connectivity index (χ4v) is 4.01. The van der Waals surface area contributed by atoms with E-state index in [1.807, 2.05) is 84.6 Å². The first-order valence-electron chi connectivity index (χ1n) is 12.5. The maximum absolute atomic E-state index is 12.7. The topological polar surface area (TPSA) is 61.9 Å². The molecule has 1 fully saturated rings. The van der Waals surface area contributed by atoms with Crippen molar-refractivity contribution in [2.75, 3.05) is 36.4 Å². The summed E-state index contributed by atoms with van der Waals surface area (Å²) in [5.41, 5.74) is 3.38. The van der Waals surface area contributed by atoms with Gasteiger partial charge in [-0.1, -0.05) is 43.3 Å². The molecular weight excluding hydrogens is 450 g/mol. The third-order valence-electron chi connectivity index (χ3n) is 6.31. The van der Waals surface area contributed by atoms with Gasteiger partial charge in [0.25, 0.3) is 5.91 Å². The van der Waals surface area contributed by atoms with Crippen molar-refractivity contribution in [2.45, 2.75) is 26.4 Å². The van der Waals surface area contributed by atoms with Gasteiger partial charge in [-0.25, -0.2) is 0 Å². The van der Waals surface area contributed by atoms with Gasteiger partial charge in [-0.2, -0.15) is 0 Å². The minimum Gasteiger partial charge on any atom is -0.491 e. The van der Waals surface area contributed by atoms with Crippen molar-refractivity contribution in [3.8, 4) is 5.75 Å². The molecule has 6 heteroatoms. The number of rotatable bonds is 8. The van der Waals surface area contributed by atoms with Crippen LogP contribution in [-0.4, -0.2) is 49.0 Å². The van der Waals surface area contributed by atoms with Crippen LogP contribution in [0, 0.1) is 0 Å². The molecule has 6 nitrogen and oxygen atoms in total. The zero-order valence-corrected chi connectivity index (χ0v) is 20.9. The first-order valence-corrected chi connectivity index (χ1v) is 12.5. The summed E-state index contributed by atoms with van der Waals surface area (Å²) in [5.74, 6) is 0.559. The first kappa shape index (κ1) is 25.0. The average Bonchev–Trinajstić information content (AvgIpc) is 2.93. The molecule has 1 aliphatic rings. The molecule has 186 valence electrons. The summed E-state index contributed by atoms with van der Waals surface area (Å²) in [4.78, 5) is 29.4. The third-order valence-corrected chi connectivity index (χ3v) is 6.31. The Balaban J connectivity index is 1.28. The van der Waals surface area contributed by atoms with Crippen LogP contribution in [0.25, 0.3) is 6.08 Å². The van der Waals surface area contributed by atoms with Gasteiger partial charge in [0.05, 0.1) is 6.10 Å². The summed E-state index contributed by atoms with van der Waals surface area (Å²) in [6.07, 6.45) is 4.51. The van der Waals surface area contributed by atoms with Crippen molar-refractivity contribution in [1.82, 2.24) is 4.90 Å². The van der Waals surface area contributed by atoms with Crippen molar-refractivity contribution >= 4 is 29.3 Å². The highest BCUT2D eigenvalue weighted by Gasteiger charge is 2.20. The number of nitrogens with one attached hydrogen (secondary N) is 1.